The lowest BCUT2D eigenvalue weighted by atomic mass is 10.1. The first-order valence-corrected chi connectivity index (χ1v) is 7.47. The van der Waals surface area contributed by atoms with Crippen LogP contribution in [0, 0.1) is 5.92 Å². The highest BCUT2D eigenvalue weighted by Crippen LogP contribution is 2.04. The van der Waals surface area contributed by atoms with Gasteiger partial charge in [0.15, 0.2) is 0 Å². The topological polar surface area (TPSA) is 93.4 Å². The first kappa shape index (κ1) is 18.0. The van der Waals surface area contributed by atoms with Gasteiger partial charge in [0, 0.05) is 31.9 Å². The Morgan fingerprint density at radius 3 is 2.45 bits per heavy atom. The normalized spacial score (nSPS) is 10.5. The summed E-state index contributed by atoms with van der Waals surface area (Å²) in [5, 5.41) is 5.34. The molecule has 6 heteroatoms. The molecule has 0 unspecified atom stereocenters. The Kier molecular flexibility index (Phi) is 7.99. The molecular weight excluding hydrogens is 282 g/mol. The van der Waals surface area contributed by atoms with Gasteiger partial charge in [0.25, 0.3) is 5.91 Å². The minimum atomic E-state index is -0.568. The van der Waals surface area contributed by atoms with E-state index < -0.39 is 6.03 Å². The fourth-order valence-corrected chi connectivity index (χ4v) is 1.76. The number of carbonyl (C=O) groups is 2. The maximum absolute atomic E-state index is 11.9. The maximum Gasteiger partial charge on any atom is 0.312 e. The third-order valence-corrected chi connectivity index (χ3v) is 2.89. The van der Waals surface area contributed by atoms with E-state index in [0.717, 1.165) is 18.6 Å². The van der Waals surface area contributed by atoms with Gasteiger partial charge in [0.05, 0.1) is 0 Å². The lowest BCUT2D eigenvalue weighted by molar-refractivity contribution is 0.0925. The fourth-order valence-electron chi connectivity index (χ4n) is 1.76. The van der Waals surface area contributed by atoms with Crippen LogP contribution in [0.5, 0.6) is 0 Å². The number of benzene rings is 1. The molecule has 0 bridgehead atoms. The number of carbonyl (C=O) groups excluding carboxylic acids is 2. The number of urea groups is 1. The van der Waals surface area contributed by atoms with Crippen molar-refractivity contribution in [2.24, 2.45) is 11.7 Å². The molecule has 0 fully saturated rings. The molecule has 0 saturated heterocycles. The molecule has 1 aromatic rings. The zero-order valence-electron chi connectivity index (χ0n) is 13.2. The highest BCUT2D eigenvalue weighted by atomic mass is 16.5. The van der Waals surface area contributed by atoms with E-state index in [1.807, 2.05) is 0 Å². The molecule has 4 N–H and O–H groups in total. The van der Waals surface area contributed by atoms with Crippen LogP contribution in [-0.4, -0.2) is 31.7 Å². The Morgan fingerprint density at radius 2 is 1.86 bits per heavy atom. The summed E-state index contributed by atoms with van der Waals surface area (Å²) in [4.78, 5) is 22.5. The van der Waals surface area contributed by atoms with Crippen LogP contribution in [0.1, 0.15) is 36.2 Å². The molecule has 0 aliphatic heterocycles. The third kappa shape index (κ3) is 7.64. The van der Waals surface area contributed by atoms with Gasteiger partial charge in [-0.1, -0.05) is 26.0 Å². The Labute approximate surface area is 131 Å². The van der Waals surface area contributed by atoms with Crippen molar-refractivity contribution in [3.8, 4) is 0 Å². The number of primary amides is 1. The van der Waals surface area contributed by atoms with E-state index in [1.165, 1.54) is 0 Å². The number of amides is 3. The van der Waals surface area contributed by atoms with Crippen molar-refractivity contribution in [3.05, 3.63) is 35.4 Å². The van der Waals surface area contributed by atoms with E-state index >= 15 is 0 Å². The minimum absolute atomic E-state index is 0.113. The molecular formula is C16H25N3O3. The van der Waals surface area contributed by atoms with Gasteiger partial charge in [-0.05, 0) is 30.0 Å². The largest absolute Gasteiger partial charge is 0.381 e. The minimum Gasteiger partial charge on any atom is -0.381 e. The monoisotopic (exact) mass is 307 g/mol. The molecule has 6 nitrogen and oxygen atoms in total. The van der Waals surface area contributed by atoms with Gasteiger partial charge >= 0.3 is 6.03 Å². The lowest BCUT2D eigenvalue weighted by Crippen LogP contribution is -2.28. The maximum atomic E-state index is 11.9. The number of ether oxygens (including phenoxy) is 1. The second-order valence-corrected chi connectivity index (χ2v) is 5.49. The van der Waals surface area contributed by atoms with Crippen molar-refractivity contribution in [1.82, 2.24) is 10.6 Å². The van der Waals surface area contributed by atoms with Crippen LogP contribution in [-0.2, 0) is 11.3 Å². The molecule has 1 rings (SSSR count). The number of nitrogens with one attached hydrogen (secondary N) is 2. The first-order chi connectivity index (χ1) is 10.5. The van der Waals surface area contributed by atoms with E-state index in [-0.39, 0.29) is 5.91 Å². The molecule has 0 saturated carbocycles. The Morgan fingerprint density at radius 1 is 1.18 bits per heavy atom. The number of nitrogens with two attached hydrogens (primary N) is 1. The van der Waals surface area contributed by atoms with Crippen molar-refractivity contribution >= 4 is 11.9 Å². The quantitative estimate of drug-likeness (QED) is 0.605. The van der Waals surface area contributed by atoms with Gasteiger partial charge < -0.3 is 21.1 Å². The summed E-state index contributed by atoms with van der Waals surface area (Å²) in [5.41, 5.74) is 6.48. The standard InChI is InChI=1S/C16H25N3O3/c1-12(2)11-22-9-3-8-18-15(20)14-6-4-13(5-7-14)10-19-16(17)21/h4-7,12H,3,8-11H2,1-2H3,(H,18,20)(H3,17,19,21). The van der Waals surface area contributed by atoms with Gasteiger partial charge in [-0.25, -0.2) is 4.79 Å². The summed E-state index contributed by atoms with van der Waals surface area (Å²) in [6, 6.07) is 6.46. The number of hydrogen-bond donors (Lipinski definition) is 3. The summed E-state index contributed by atoms with van der Waals surface area (Å²) in [6.45, 7) is 6.53. The van der Waals surface area contributed by atoms with E-state index in [0.29, 0.717) is 31.2 Å². The molecule has 0 aliphatic rings. The summed E-state index contributed by atoms with van der Waals surface area (Å²) in [7, 11) is 0. The van der Waals surface area contributed by atoms with Crippen molar-refractivity contribution in [2.45, 2.75) is 26.8 Å². The van der Waals surface area contributed by atoms with Gasteiger partial charge in [-0.3, -0.25) is 4.79 Å². The number of rotatable bonds is 9. The molecule has 3 amide bonds. The zero-order chi connectivity index (χ0) is 16.4. The molecule has 0 aromatic heterocycles. The zero-order valence-corrected chi connectivity index (χ0v) is 13.2. The SMILES string of the molecule is CC(C)COCCCNC(=O)c1ccc(CNC(N)=O)cc1. The van der Waals surface area contributed by atoms with E-state index in [2.05, 4.69) is 24.5 Å². The predicted octanol–water partition coefficient (Wildman–Crippen LogP) is 1.65. The van der Waals surface area contributed by atoms with E-state index in [4.69, 9.17) is 10.5 Å². The highest BCUT2D eigenvalue weighted by Gasteiger charge is 2.05. The molecule has 0 atom stereocenters. The Bertz CT molecular complexity index is 472. The van der Waals surface area contributed by atoms with Gasteiger partial charge in [0.2, 0.25) is 0 Å². The average molecular weight is 307 g/mol. The summed E-state index contributed by atoms with van der Waals surface area (Å²) >= 11 is 0. The Balaban J connectivity index is 2.26. The van der Waals surface area contributed by atoms with Crippen LogP contribution in [0.15, 0.2) is 24.3 Å². The molecule has 1 aromatic carbocycles. The summed E-state index contributed by atoms with van der Waals surface area (Å²) < 4.78 is 5.45. The van der Waals surface area contributed by atoms with Crippen LogP contribution in [0.3, 0.4) is 0 Å². The molecule has 22 heavy (non-hydrogen) atoms. The second-order valence-electron chi connectivity index (χ2n) is 5.49. The molecule has 0 aliphatic carbocycles. The number of hydrogen-bond acceptors (Lipinski definition) is 3. The van der Waals surface area contributed by atoms with Gasteiger partial charge in [0.1, 0.15) is 0 Å². The first-order valence-electron chi connectivity index (χ1n) is 7.47. The van der Waals surface area contributed by atoms with Crippen LogP contribution >= 0.6 is 0 Å². The molecule has 122 valence electrons. The lowest BCUT2D eigenvalue weighted by Gasteiger charge is -2.08. The van der Waals surface area contributed by atoms with Crippen molar-refractivity contribution in [3.63, 3.8) is 0 Å². The third-order valence-electron chi connectivity index (χ3n) is 2.89. The van der Waals surface area contributed by atoms with Crippen molar-refractivity contribution < 1.29 is 14.3 Å². The van der Waals surface area contributed by atoms with E-state index in [1.54, 1.807) is 24.3 Å². The van der Waals surface area contributed by atoms with Gasteiger partial charge in [-0.15, -0.1) is 0 Å². The predicted molar refractivity (Wildman–Crippen MR) is 85.5 cm³/mol. The smallest absolute Gasteiger partial charge is 0.312 e. The van der Waals surface area contributed by atoms with Gasteiger partial charge in [-0.2, -0.15) is 0 Å². The molecule has 0 heterocycles. The van der Waals surface area contributed by atoms with Crippen LogP contribution in [0.4, 0.5) is 4.79 Å². The molecule has 0 radical (unpaired) electrons. The van der Waals surface area contributed by atoms with Crippen LogP contribution in [0.25, 0.3) is 0 Å². The Hall–Kier alpha value is -2.08. The second kappa shape index (κ2) is 9.78. The van der Waals surface area contributed by atoms with E-state index in [9.17, 15) is 9.59 Å². The molecule has 0 spiro atoms. The van der Waals surface area contributed by atoms with Crippen LogP contribution < -0.4 is 16.4 Å². The summed E-state index contributed by atoms with van der Waals surface area (Å²) in [5.74, 6) is 0.412. The summed E-state index contributed by atoms with van der Waals surface area (Å²) in [6.07, 6.45) is 0.791. The van der Waals surface area contributed by atoms with Crippen molar-refractivity contribution in [1.29, 1.82) is 0 Å². The van der Waals surface area contributed by atoms with Crippen molar-refractivity contribution in [2.75, 3.05) is 19.8 Å². The fraction of sp³-hybridized carbons (Fsp3) is 0.500. The average Bonchev–Trinajstić information content (AvgIpc) is 2.48. The highest BCUT2D eigenvalue weighted by molar-refractivity contribution is 5.94. The van der Waals surface area contributed by atoms with Crippen LogP contribution in [0.2, 0.25) is 0 Å².